The van der Waals surface area contributed by atoms with Crippen LogP contribution in [-0.4, -0.2) is 43.8 Å². The fourth-order valence-electron chi connectivity index (χ4n) is 3.30. The molecular weight excluding hydrogens is 376 g/mol. The SMILES string of the molecule is Cc1ccc(C([O-])=C2C(=O)C(=O)N(CC[NH+](C)C)C2c2ccc(Cl)cc2)cc1. The van der Waals surface area contributed by atoms with Gasteiger partial charge in [0.2, 0.25) is 5.78 Å². The molecule has 0 saturated carbocycles. The monoisotopic (exact) mass is 398 g/mol. The fourth-order valence-corrected chi connectivity index (χ4v) is 3.42. The van der Waals surface area contributed by atoms with Crippen molar-refractivity contribution in [1.29, 1.82) is 0 Å². The number of hydrogen-bond donors (Lipinski definition) is 1. The minimum atomic E-state index is -0.723. The number of hydrogen-bond acceptors (Lipinski definition) is 3. The molecule has 2 aromatic carbocycles. The number of aryl methyl sites for hydroxylation is 1. The van der Waals surface area contributed by atoms with Crippen LogP contribution in [0.5, 0.6) is 0 Å². The molecule has 146 valence electrons. The van der Waals surface area contributed by atoms with Crippen molar-refractivity contribution in [2.75, 3.05) is 27.2 Å². The van der Waals surface area contributed by atoms with E-state index in [-0.39, 0.29) is 5.57 Å². The molecule has 5 nitrogen and oxygen atoms in total. The summed E-state index contributed by atoms with van der Waals surface area (Å²) in [6.07, 6.45) is 0. The van der Waals surface area contributed by atoms with E-state index in [1.54, 1.807) is 36.4 Å². The number of rotatable bonds is 5. The Bertz CT molecular complexity index is 918. The molecule has 0 radical (unpaired) electrons. The number of nitrogens with one attached hydrogen (secondary N) is 1. The number of carbonyl (C=O) groups is 2. The predicted molar refractivity (Wildman–Crippen MR) is 107 cm³/mol. The summed E-state index contributed by atoms with van der Waals surface area (Å²) in [4.78, 5) is 28.2. The molecular formula is C22H23ClN2O3. The van der Waals surface area contributed by atoms with Gasteiger partial charge in [-0.25, -0.2) is 0 Å². The van der Waals surface area contributed by atoms with Crippen molar-refractivity contribution < 1.29 is 19.6 Å². The van der Waals surface area contributed by atoms with E-state index in [0.717, 1.165) is 10.5 Å². The van der Waals surface area contributed by atoms with Gasteiger partial charge in [-0.05, 0) is 30.2 Å². The minimum absolute atomic E-state index is 0.00457. The Kier molecular flexibility index (Phi) is 5.87. The summed E-state index contributed by atoms with van der Waals surface area (Å²) in [6, 6.07) is 13.2. The lowest BCUT2D eigenvalue weighted by molar-refractivity contribution is -0.857. The number of quaternary nitrogens is 1. The molecule has 0 bridgehead atoms. The number of amides is 1. The maximum atomic E-state index is 13.2. The zero-order valence-corrected chi connectivity index (χ0v) is 16.9. The number of carbonyl (C=O) groups excluding carboxylic acids is 2. The normalized spacial score (nSPS) is 18.9. The van der Waals surface area contributed by atoms with E-state index >= 15 is 0 Å². The van der Waals surface area contributed by atoms with E-state index in [1.165, 1.54) is 4.90 Å². The first-order valence-corrected chi connectivity index (χ1v) is 9.55. The molecule has 1 saturated heterocycles. The van der Waals surface area contributed by atoms with Crippen LogP contribution in [0.3, 0.4) is 0 Å². The molecule has 1 aliphatic rings. The Hall–Kier alpha value is -2.63. The van der Waals surface area contributed by atoms with Crippen molar-refractivity contribution in [3.63, 3.8) is 0 Å². The van der Waals surface area contributed by atoms with Gasteiger partial charge in [0.1, 0.15) is 0 Å². The summed E-state index contributed by atoms with van der Waals surface area (Å²) in [5, 5.41) is 13.7. The lowest BCUT2D eigenvalue weighted by Gasteiger charge is -2.27. The molecule has 2 aromatic rings. The quantitative estimate of drug-likeness (QED) is 0.464. The molecule has 1 fully saturated rings. The molecule has 0 aliphatic carbocycles. The van der Waals surface area contributed by atoms with E-state index in [9.17, 15) is 14.7 Å². The van der Waals surface area contributed by atoms with Gasteiger partial charge in [-0.3, -0.25) is 9.59 Å². The summed E-state index contributed by atoms with van der Waals surface area (Å²) < 4.78 is 0. The fraction of sp³-hybridized carbons (Fsp3) is 0.273. The van der Waals surface area contributed by atoms with E-state index < -0.39 is 23.5 Å². The standard InChI is InChI=1S/C22H23ClN2O3/c1-14-4-6-16(7-5-14)20(26)18-19(15-8-10-17(23)11-9-15)25(13-12-24(2)3)22(28)21(18)27/h4-11,19,26H,12-13H2,1-3H3. The van der Waals surface area contributed by atoms with Crippen LogP contribution < -0.4 is 10.0 Å². The Morgan fingerprint density at radius 3 is 2.25 bits per heavy atom. The number of ketones is 1. The summed E-state index contributed by atoms with van der Waals surface area (Å²) in [7, 11) is 3.95. The van der Waals surface area contributed by atoms with Crippen LogP contribution in [0.4, 0.5) is 0 Å². The number of nitrogens with zero attached hydrogens (tertiary/aromatic N) is 1. The van der Waals surface area contributed by atoms with Crippen LogP contribution in [0.25, 0.3) is 5.76 Å². The first-order chi connectivity index (χ1) is 13.3. The van der Waals surface area contributed by atoms with Crippen molar-refractivity contribution >= 4 is 29.1 Å². The molecule has 1 aliphatic heterocycles. The maximum Gasteiger partial charge on any atom is 0.295 e. The molecule has 3 rings (SSSR count). The number of benzene rings is 2. The van der Waals surface area contributed by atoms with Gasteiger partial charge < -0.3 is 14.9 Å². The topological polar surface area (TPSA) is 64.9 Å². The Balaban J connectivity index is 2.13. The smallest absolute Gasteiger partial charge is 0.295 e. The average molecular weight is 399 g/mol. The molecule has 0 aromatic heterocycles. The first kappa shape index (κ1) is 20.1. The van der Waals surface area contributed by atoms with Crippen LogP contribution in [0.2, 0.25) is 5.02 Å². The van der Waals surface area contributed by atoms with Gasteiger partial charge in [0.05, 0.1) is 33.2 Å². The van der Waals surface area contributed by atoms with E-state index in [2.05, 4.69) is 0 Å². The zero-order chi connectivity index (χ0) is 20.4. The van der Waals surface area contributed by atoms with Crippen LogP contribution in [-0.2, 0) is 9.59 Å². The third kappa shape index (κ3) is 3.96. The summed E-state index contributed by atoms with van der Waals surface area (Å²) in [6.45, 7) is 2.97. The van der Waals surface area contributed by atoms with Gasteiger partial charge in [-0.2, -0.15) is 0 Å². The largest absolute Gasteiger partial charge is 0.872 e. The minimum Gasteiger partial charge on any atom is -0.872 e. The molecule has 1 amide bonds. The molecule has 1 heterocycles. The third-order valence-corrected chi connectivity index (χ3v) is 5.13. The van der Waals surface area contributed by atoms with Crippen LogP contribution in [0.15, 0.2) is 54.1 Å². The summed E-state index contributed by atoms with van der Waals surface area (Å²) in [5.41, 5.74) is 2.12. The van der Waals surface area contributed by atoms with Gasteiger partial charge in [-0.1, -0.05) is 59.3 Å². The van der Waals surface area contributed by atoms with E-state index in [1.807, 2.05) is 33.2 Å². The molecule has 1 atom stereocenters. The Labute approximate surface area is 169 Å². The van der Waals surface area contributed by atoms with Crippen molar-refractivity contribution in [3.8, 4) is 0 Å². The van der Waals surface area contributed by atoms with Gasteiger partial charge in [0, 0.05) is 10.6 Å². The highest BCUT2D eigenvalue weighted by atomic mass is 35.5. The highest BCUT2D eigenvalue weighted by Crippen LogP contribution is 2.38. The summed E-state index contributed by atoms with van der Waals surface area (Å²) >= 11 is 6.00. The summed E-state index contributed by atoms with van der Waals surface area (Å²) in [5.74, 6) is -1.76. The average Bonchev–Trinajstić information content (AvgIpc) is 2.91. The number of Topliss-reactive ketones (excluding diaryl/α,β-unsaturated/α-hetero) is 1. The van der Waals surface area contributed by atoms with Crippen molar-refractivity contribution in [2.45, 2.75) is 13.0 Å². The molecule has 28 heavy (non-hydrogen) atoms. The highest BCUT2D eigenvalue weighted by Gasteiger charge is 2.44. The van der Waals surface area contributed by atoms with Gasteiger partial charge >= 0.3 is 0 Å². The number of likely N-dealkylation sites (tertiary alicyclic amines) is 1. The lowest BCUT2D eigenvalue weighted by Crippen LogP contribution is -3.06. The second-order valence-electron chi connectivity index (χ2n) is 7.35. The Morgan fingerprint density at radius 1 is 1.07 bits per heavy atom. The molecule has 1 unspecified atom stereocenters. The van der Waals surface area contributed by atoms with Crippen LogP contribution in [0.1, 0.15) is 22.7 Å². The van der Waals surface area contributed by atoms with Gasteiger partial charge in [-0.15, -0.1) is 0 Å². The van der Waals surface area contributed by atoms with Gasteiger partial charge in [0.25, 0.3) is 5.91 Å². The second kappa shape index (κ2) is 8.17. The number of halogens is 1. The van der Waals surface area contributed by atoms with Crippen molar-refractivity contribution in [2.24, 2.45) is 0 Å². The van der Waals surface area contributed by atoms with E-state index in [4.69, 9.17) is 11.6 Å². The second-order valence-corrected chi connectivity index (χ2v) is 7.78. The van der Waals surface area contributed by atoms with E-state index in [0.29, 0.717) is 29.2 Å². The predicted octanol–water partition coefficient (Wildman–Crippen LogP) is 1.02. The maximum absolute atomic E-state index is 13.2. The lowest BCUT2D eigenvalue weighted by atomic mass is 9.95. The van der Waals surface area contributed by atoms with Gasteiger partial charge in [0.15, 0.2) is 0 Å². The Morgan fingerprint density at radius 2 is 1.68 bits per heavy atom. The number of likely N-dealkylation sites (N-methyl/N-ethyl adjacent to an activating group) is 1. The third-order valence-electron chi connectivity index (χ3n) is 4.88. The molecule has 6 heteroatoms. The van der Waals surface area contributed by atoms with Crippen LogP contribution >= 0.6 is 11.6 Å². The van der Waals surface area contributed by atoms with Crippen LogP contribution in [0, 0.1) is 6.92 Å². The molecule has 1 N–H and O–H groups in total. The highest BCUT2D eigenvalue weighted by molar-refractivity contribution is 6.46. The first-order valence-electron chi connectivity index (χ1n) is 9.17. The van der Waals surface area contributed by atoms with Crippen molar-refractivity contribution in [3.05, 3.63) is 75.8 Å². The van der Waals surface area contributed by atoms with Crippen molar-refractivity contribution in [1.82, 2.24) is 4.90 Å². The molecule has 0 spiro atoms. The zero-order valence-electron chi connectivity index (χ0n) is 16.2.